The minimum absolute atomic E-state index is 0.190. The van der Waals surface area contributed by atoms with Crippen LogP contribution in [0.4, 0.5) is 0 Å². The molecule has 0 amide bonds. The quantitative estimate of drug-likeness (QED) is 0.745. The van der Waals surface area contributed by atoms with Crippen LogP contribution in [0.15, 0.2) is 30.3 Å². The summed E-state index contributed by atoms with van der Waals surface area (Å²) in [5.41, 5.74) is 0.258. The number of rotatable bonds is 8. The van der Waals surface area contributed by atoms with Gasteiger partial charge in [0.2, 0.25) is 0 Å². The lowest BCUT2D eigenvalue weighted by atomic mass is 9.86. The molecule has 2 rings (SSSR count). The fourth-order valence-electron chi connectivity index (χ4n) is 2.57. The predicted molar refractivity (Wildman–Crippen MR) is 84.1 cm³/mol. The van der Waals surface area contributed by atoms with Crippen molar-refractivity contribution in [3.8, 4) is 0 Å². The first-order valence-corrected chi connectivity index (χ1v) is 7.72. The van der Waals surface area contributed by atoms with E-state index in [1.54, 1.807) is 0 Å². The summed E-state index contributed by atoms with van der Waals surface area (Å²) in [6, 6.07) is 10.4. The maximum absolute atomic E-state index is 12.6. The number of hydrogen-bond donors (Lipinski definition) is 1. The van der Waals surface area contributed by atoms with Crippen molar-refractivity contribution in [2.75, 3.05) is 27.2 Å². The van der Waals surface area contributed by atoms with Gasteiger partial charge in [-0.2, -0.15) is 0 Å². The number of benzene rings is 1. The highest BCUT2D eigenvalue weighted by molar-refractivity contribution is 5.82. The van der Waals surface area contributed by atoms with E-state index in [0.717, 1.165) is 31.5 Å². The van der Waals surface area contributed by atoms with Gasteiger partial charge in [0.1, 0.15) is 5.54 Å². The Bertz CT molecular complexity index is 459. The summed E-state index contributed by atoms with van der Waals surface area (Å²) in [6.45, 7) is 3.94. The molecular formula is C17H26N2O2. The molecule has 0 aromatic heterocycles. The van der Waals surface area contributed by atoms with Gasteiger partial charge in [-0.1, -0.05) is 37.3 Å². The molecule has 0 spiro atoms. The fourth-order valence-corrected chi connectivity index (χ4v) is 2.57. The molecule has 1 aromatic rings. The Labute approximate surface area is 127 Å². The second-order valence-electron chi connectivity index (χ2n) is 5.83. The van der Waals surface area contributed by atoms with Gasteiger partial charge in [-0.3, -0.25) is 5.32 Å². The zero-order chi connectivity index (χ0) is 15.3. The van der Waals surface area contributed by atoms with Crippen LogP contribution in [0.2, 0.25) is 0 Å². The highest BCUT2D eigenvalue weighted by atomic mass is 16.5. The summed E-state index contributed by atoms with van der Waals surface area (Å²) in [5, 5.41) is 3.55. The monoisotopic (exact) mass is 290 g/mol. The molecule has 0 heterocycles. The Morgan fingerprint density at radius 1 is 1.38 bits per heavy atom. The van der Waals surface area contributed by atoms with Crippen molar-refractivity contribution in [2.45, 2.75) is 37.8 Å². The van der Waals surface area contributed by atoms with Crippen LogP contribution < -0.4 is 5.32 Å². The maximum Gasteiger partial charge on any atom is 0.330 e. The van der Waals surface area contributed by atoms with E-state index >= 15 is 0 Å². The normalized spacial score (nSPS) is 17.5. The number of ether oxygens (including phenoxy) is 1. The minimum atomic E-state index is -0.736. The van der Waals surface area contributed by atoms with Crippen LogP contribution in [-0.2, 0) is 15.1 Å². The molecule has 1 atom stereocenters. The third-order valence-corrected chi connectivity index (χ3v) is 4.24. The van der Waals surface area contributed by atoms with Crippen molar-refractivity contribution >= 4 is 5.97 Å². The average Bonchev–Trinajstić information content (AvgIpc) is 3.35. The Hall–Kier alpha value is -1.39. The van der Waals surface area contributed by atoms with Crippen LogP contribution in [-0.4, -0.2) is 44.2 Å². The first-order chi connectivity index (χ1) is 10.1. The highest BCUT2D eigenvalue weighted by Gasteiger charge is 2.44. The van der Waals surface area contributed by atoms with E-state index in [4.69, 9.17) is 4.74 Å². The lowest BCUT2D eigenvalue weighted by Gasteiger charge is -2.34. The van der Waals surface area contributed by atoms with Crippen molar-refractivity contribution < 1.29 is 9.53 Å². The predicted octanol–water partition coefficient (Wildman–Crippen LogP) is 2.15. The second-order valence-corrected chi connectivity index (χ2v) is 5.83. The van der Waals surface area contributed by atoms with Crippen molar-refractivity contribution in [3.63, 3.8) is 0 Å². The third kappa shape index (κ3) is 3.83. The summed E-state index contributed by atoms with van der Waals surface area (Å²) in [4.78, 5) is 14.8. The van der Waals surface area contributed by atoms with Gasteiger partial charge in [0.05, 0.1) is 7.11 Å². The molecule has 1 N–H and O–H groups in total. The van der Waals surface area contributed by atoms with Crippen LogP contribution in [0.3, 0.4) is 0 Å². The van der Waals surface area contributed by atoms with Gasteiger partial charge in [-0.05, 0) is 38.4 Å². The molecule has 0 saturated heterocycles. The minimum Gasteiger partial charge on any atom is -0.467 e. The van der Waals surface area contributed by atoms with Gasteiger partial charge in [0.15, 0.2) is 0 Å². The molecule has 1 aromatic carbocycles. The Morgan fingerprint density at radius 3 is 2.57 bits per heavy atom. The molecule has 116 valence electrons. The number of methoxy groups -OCH3 is 1. The van der Waals surface area contributed by atoms with Gasteiger partial charge in [0.25, 0.3) is 0 Å². The second kappa shape index (κ2) is 7.05. The number of nitrogens with one attached hydrogen (secondary N) is 1. The SMILES string of the molecule is CCN(C)CCC(NC1CC1)(C(=O)OC)c1ccccc1. The van der Waals surface area contributed by atoms with E-state index in [-0.39, 0.29) is 5.97 Å². The smallest absolute Gasteiger partial charge is 0.330 e. The summed E-state index contributed by atoms with van der Waals surface area (Å²) >= 11 is 0. The van der Waals surface area contributed by atoms with Crippen LogP contribution in [0.25, 0.3) is 0 Å². The zero-order valence-corrected chi connectivity index (χ0v) is 13.3. The molecule has 1 unspecified atom stereocenters. The maximum atomic E-state index is 12.6. The average molecular weight is 290 g/mol. The summed E-state index contributed by atoms with van der Waals surface area (Å²) in [5.74, 6) is -0.190. The topological polar surface area (TPSA) is 41.6 Å². The van der Waals surface area contributed by atoms with Crippen molar-refractivity contribution in [1.29, 1.82) is 0 Å². The van der Waals surface area contributed by atoms with E-state index in [0.29, 0.717) is 12.5 Å². The third-order valence-electron chi connectivity index (χ3n) is 4.24. The van der Waals surface area contributed by atoms with Crippen molar-refractivity contribution in [2.24, 2.45) is 0 Å². The molecular weight excluding hydrogens is 264 g/mol. The van der Waals surface area contributed by atoms with Crippen molar-refractivity contribution in [3.05, 3.63) is 35.9 Å². The molecule has 1 saturated carbocycles. The first kappa shape index (κ1) is 16.0. The number of nitrogens with zero attached hydrogens (tertiary/aromatic N) is 1. The van der Waals surface area contributed by atoms with Crippen LogP contribution in [0.1, 0.15) is 31.7 Å². The van der Waals surface area contributed by atoms with E-state index < -0.39 is 5.54 Å². The van der Waals surface area contributed by atoms with Gasteiger partial charge in [0, 0.05) is 12.6 Å². The molecule has 1 fully saturated rings. The molecule has 1 aliphatic carbocycles. The van der Waals surface area contributed by atoms with Gasteiger partial charge < -0.3 is 9.64 Å². The summed E-state index contributed by atoms with van der Waals surface area (Å²) in [6.07, 6.45) is 2.98. The van der Waals surface area contributed by atoms with E-state index in [2.05, 4.69) is 24.2 Å². The van der Waals surface area contributed by atoms with Crippen LogP contribution in [0.5, 0.6) is 0 Å². The fraction of sp³-hybridized carbons (Fsp3) is 0.588. The molecule has 0 radical (unpaired) electrons. The van der Waals surface area contributed by atoms with Crippen molar-refractivity contribution in [1.82, 2.24) is 10.2 Å². The standard InChI is InChI=1S/C17H26N2O2/c1-4-19(2)13-12-17(16(20)21-3,18-15-10-11-15)14-8-6-5-7-9-14/h5-9,15,18H,4,10-13H2,1-3H3. The lowest BCUT2D eigenvalue weighted by molar-refractivity contribution is -0.150. The Kier molecular flexibility index (Phi) is 5.37. The lowest BCUT2D eigenvalue weighted by Crippen LogP contribution is -2.52. The van der Waals surface area contributed by atoms with Crippen LogP contribution >= 0.6 is 0 Å². The van der Waals surface area contributed by atoms with Gasteiger partial charge in [-0.25, -0.2) is 4.79 Å². The number of hydrogen-bond acceptors (Lipinski definition) is 4. The number of carbonyl (C=O) groups is 1. The molecule has 4 heteroatoms. The number of esters is 1. The number of carbonyl (C=O) groups excluding carboxylic acids is 1. The summed E-state index contributed by atoms with van der Waals surface area (Å²) in [7, 11) is 3.54. The largest absolute Gasteiger partial charge is 0.467 e. The molecule has 21 heavy (non-hydrogen) atoms. The van der Waals surface area contributed by atoms with Crippen LogP contribution in [0, 0.1) is 0 Å². The van der Waals surface area contributed by atoms with E-state index in [1.807, 2.05) is 30.3 Å². The summed E-state index contributed by atoms with van der Waals surface area (Å²) < 4.78 is 5.14. The molecule has 0 aliphatic heterocycles. The van der Waals surface area contributed by atoms with Gasteiger partial charge >= 0.3 is 5.97 Å². The molecule has 1 aliphatic rings. The first-order valence-electron chi connectivity index (χ1n) is 7.72. The van der Waals surface area contributed by atoms with E-state index in [9.17, 15) is 4.79 Å². The van der Waals surface area contributed by atoms with E-state index in [1.165, 1.54) is 7.11 Å². The molecule has 4 nitrogen and oxygen atoms in total. The Balaban J connectivity index is 2.30. The zero-order valence-electron chi connectivity index (χ0n) is 13.3. The molecule has 0 bridgehead atoms. The Morgan fingerprint density at radius 2 is 2.05 bits per heavy atom. The highest BCUT2D eigenvalue weighted by Crippen LogP contribution is 2.32. The van der Waals surface area contributed by atoms with Gasteiger partial charge in [-0.15, -0.1) is 0 Å².